The molecule has 0 unspecified atom stereocenters. The normalized spacial score (nSPS) is 21.0. The van der Waals surface area contributed by atoms with Gasteiger partial charge in [0.05, 0.1) is 0 Å². The SMILES string of the molecule is CC(C)C1CCC(NC(=O)c2cccc(OCC(=O)O)c2)CC1. The quantitative estimate of drug-likeness (QED) is 0.845. The molecule has 1 aliphatic carbocycles. The molecule has 1 aromatic rings. The molecule has 23 heavy (non-hydrogen) atoms. The Hall–Kier alpha value is -2.04. The number of amides is 1. The number of carbonyl (C=O) groups excluding carboxylic acids is 1. The van der Waals surface area contributed by atoms with Gasteiger partial charge in [-0.15, -0.1) is 0 Å². The van der Waals surface area contributed by atoms with Crippen molar-refractivity contribution in [3.63, 3.8) is 0 Å². The monoisotopic (exact) mass is 319 g/mol. The number of rotatable bonds is 6. The van der Waals surface area contributed by atoms with Crippen molar-refractivity contribution in [2.75, 3.05) is 6.61 Å². The smallest absolute Gasteiger partial charge is 0.341 e. The third kappa shape index (κ3) is 5.27. The van der Waals surface area contributed by atoms with E-state index in [0.29, 0.717) is 17.2 Å². The molecule has 126 valence electrons. The molecule has 0 heterocycles. The number of hydrogen-bond acceptors (Lipinski definition) is 3. The highest BCUT2D eigenvalue weighted by Crippen LogP contribution is 2.30. The fraction of sp³-hybridized carbons (Fsp3) is 0.556. The van der Waals surface area contributed by atoms with E-state index >= 15 is 0 Å². The van der Waals surface area contributed by atoms with E-state index in [1.165, 1.54) is 0 Å². The average molecular weight is 319 g/mol. The molecule has 1 aromatic carbocycles. The summed E-state index contributed by atoms with van der Waals surface area (Å²) in [7, 11) is 0. The maximum absolute atomic E-state index is 12.3. The molecule has 2 rings (SSSR count). The minimum Gasteiger partial charge on any atom is -0.482 e. The van der Waals surface area contributed by atoms with Gasteiger partial charge < -0.3 is 15.2 Å². The van der Waals surface area contributed by atoms with Gasteiger partial charge in [-0.3, -0.25) is 4.79 Å². The first-order valence-electron chi connectivity index (χ1n) is 8.21. The van der Waals surface area contributed by atoms with Crippen LogP contribution in [0, 0.1) is 11.8 Å². The third-order valence-corrected chi connectivity index (χ3v) is 4.51. The standard InChI is InChI=1S/C18H25NO4/c1-12(2)13-6-8-15(9-7-13)19-18(22)14-4-3-5-16(10-14)23-11-17(20)21/h3-5,10,12-13,15H,6-9,11H2,1-2H3,(H,19,22)(H,20,21). The molecule has 0 radical (unpaired) electrons. The van der Waals surface area contributed by atoms with Crippen molar-refractivity contribution in [1.82, 2.24) is 5.32 Å². The number of hydrogen-bond donors (Lipinski definition) is 2. The average Bonchev–Trinajstić information content (AvgIpc) is 2.53. The van der Waals surface area contributed by atoms with Gasteiger partial charge in [0.1, 0.15) is 5.75 Å². The van der Waals surface area contributed by atoms with Gasteiger partial charge in [0.25, 0.3) is 5.91 Å². The van der Waals surface area contributed by atoms with Crippen LogP contribution in [0.4, 0.5) is 0 Å². The highest BCUT2D eigenvalue weighted by atomic mass is 16.5. The Morgan fingerprint density at radius 1 is 1.26 bits per heavy atom. The largest absolute Gasteiger partial charge is 0.482 e. The molecule has 1 fully saturated rings. The first-order valence-corrected chi connectivity index (χ1v) is 8.21. The zero-order valence-electron chi connectivity index (χ0n) is 13.7. The van der Waals surface area contributed by atoms with Crippen LogP contribution in [0.25, 0.3) is 0 Å². The lowest BCUT2D eigenvalue weighted by Gasteiger charge is -2.31. The molecule has 1 saturated carbocycles. The molecule has 1 aliphatic rings. The number of carboxylic acid groups (broad SMARTS) is 1. The van der Waals surface area contributed by atoms with E-state index in [-0.39, 0.29) is 11.9 Å². The second-order valence-electron chi connectivity index (χ2n) is 6.54. The Morgan fingerprint density at radius 3 is 2.57 bits per heavy atom. The summed E-state index contributed by atoms with van der Waals surface area (Å²) in [4.78, 5) is 22.9. The number of benzene rings is 1. The van der Waals surface area contributed by atoms with Crippen LogP contribution < -0.4 is 10.1 Å². The van der Waals surface area contributed by atoms with E-state index < -0.39 is 12.6 Å². The zero-order chi connectivity index (χ0) is 16.8. The number of aliphatic carboxylic acids is 1. The lowest BCUT2D eigenvalue weighted by molar-refractivity contribution is -0.139. The van der Waals surface area contributed by atoms with Crippen LogP contribution in [0.5, 0.6) is 5.75 Å². The minimum absolute atomic E-state index is 0.126. The van der Waals surface area contributed by atoms with Gasteiger partial charge in [-0.2, -0.15) is 0 Å². The summed E-state index contributed by atoms with van der Waals surface area (Å²) in [5.41, 5.74) is 0.499. The maximum Gasteiger partial charge on any atom is 0.341 e. The molecule has 0 saturated heterocycles. The Labute approximate surface area is 137 Å². The highest BCUT2D eigenvalue weighted by Gasteiger charge is 2.24. The molecule has 0 bridgehead atoms. The number of carbonyl (C=O) groups is 2. The summed E-state index contributed by atoms with van der Waals surface area (Å²) in [5, 5.41) is 11.7. The summed E-state index contributed by atoms with van der Waals surface area (Å²) in [6.07, 6.45) is 4.35. The van der Waals surface area contributed by atoms with Crippen molar-refractivity contribution in [2.45, 2.75) is 45.6 Å². The predicted octanol–water partition coefficient (Wildman–Crippen LogP) is 3.09. The van der Waals surface area contributed by atoms with E-state index in [4.69, 9.17) is 9.84 Å². The van der Waals surface area contributed by atoms with Gasteiger partial charge in [-0.05, 0) is 55.7 Å². The van der Waals surface area contributed by atoms with Crippen molar-refractivity contribution in [3.05, 3.63) is 29.8 Å². The predicted molar refractivity (Wildman–Crippen MR) is 87.6 cm³/mol. The Morgan fingerprint density at radius 2 is 1.96 bits per heavy atom. The second-order valence-corrected chi connectivity index (χ2v) is 6.54. The van der Waals surface area contributed by atoms with Gasteiger partial charge in [0.15, 0.2) is 6.61 Å². The van der Waals surface area contributed by atoms with Gasteiger partial charge in [0, 0.05) is 11.6 Å². The first kappa shape index (κ1) is 17.3. The van der Waals surface area contributed by atoms with Crippen LogP contribution in [0.3, 0.4) is 0 Å². The van der Waals surface area contributed by atoms with Crippen LogP contribution >= 0.6 is 0 Å². The maximum atomic E-state index is 12.3. The molecule has 0 aliphatic heterocycles. The van der Waals surface area contributed by atoms with E-state index in [1.54, 1.807) is 24.3 Å². The topological polar surface area (TPSA) is 75.6 Å². The van der Waals surface area contributed by atoms with E-state index in [2.05, 4.69) is 19.2 Å². The molecule has 1 amide bonds. The van der Waals surface area contributed by atoms with Crippen molar-refractivity contribution < 1.29 is 19.4 Å². The lowest BCUT2D eigenvalue weighted by atomic mass is 9.79. The molecular formula is C18H25NO4. The molecule has 0 spiro atoms. The molecule has 0 aromatic heterocycles. The van der Waals surface area contributed by atoms with E-state index in [9.17, 15) is 9.59 Å². The summed E-state index contributed by atoms with van der Waals surface area (Å²) in [5.74, 6) is 0.690. The van der Waals surface area contributed by atoms with Crippen molar-refractivity contribution in [2.24, 2.45) is 11.8 Å². The van der Waals surface area contributed by atoms with Gasteiger partial charge >= 0.3 is 5.97 Å². The van der Waals surface area contributed by atoms with E-state index in [0.717, 1.165) is 31.6 Å². The van der Waals surface area contributed by atoms with Crippen LogP contribution in [0.1, 0.15) is 49.9 Å². The van der Waals surface area contributed by atoms with Crippen LogP contribution in [-0.4, -0.2) is 29.6 Å². The fourth-order valence-corrected chi connectivity index (χ4v) is 3.07. The molecule has 5 nitrogen and oxygen atoms in total. The fourth-order valence-electron chi connectivity index (χ4n) is 3.07. The molecular weight excluding hydrogens is 294 g/mol. The number of carboxylic acids is 1. The van der Waals surface area contributed by atoms with Gasteiger partial charge in [-0.25, -0.2) is 4.79 Å². The minimum atomic E-state index is -1.04. The number of nitrogens with one attached hydrogen (secondary N) is 1. The van der Waals surface area contributed by atoms with Crippen LogP contribution in [0.15, 0.2) is 24.3 Å². The summed E-state index contributed by atoms with van der Waals surface area (Å²) in [6, 6.07) is 6.86. The first-order chi connectivity index (χ1) is 11.0. The van der Waals surface area contributed by atoms with Gasteiger partial charge in [-0.1, -0.05) is 19.9 Å². The second kappa shape index (κ2) is 7.99. The van der Waals surface area contributed by atoms with Crippen molar-refractivity contribution in [1.29, 1.82) is 0 Å². The highest BCUT2D eigenvalue weighted by molar-refractivity contribution is 5.94. The van der Waals surface area contributed by atoms with Crippen LogP contribution in [-0.2, 0) is 4.79 Å². The summed E-state index contributed by atoms with van der Waals surface area (Å²) in [6.45, 7) is 4.10. The molecule has 5 heteroatoms. The summed E-state index contributed by atoms with van der Waals surface area (Å²) < 4.78 is 5.11. The Kier molecular flexibility index (Phi) is 6.02. The van der Waals surface area contributed by atoms with Crippen LogP contribution in [0.2, 0.25) is 0 Å². The van der Waals surface area contributed by atoms with Gasteiger partial charge in [0.2, 0.25) is 0 Å². The Bertz CT molecular complexity index is 548. The van der Waals surface area contributed by atoms with Crippen molar-refractivity contribution in [3.8, 4) is 5.75 Å². The van der Waals surface area contributed by atoms with E-state index in [1.807, 2.05) is 0 Å². The van der Waals surface area contributed by atoms with Crippen molar-refractivity contribution >= 4 is 11.9 Å². The lowest BCUT2D eigenvalue weighted by Crippen LogP contribution is -2.38. The molecule has 2 N–H and O–H groups in total. The number of ether oxygens (including phenoxy) is 1. The third-order valence-electron chi connectivity index (χ3n) is 4.51. The summed E-state index contributed by atoms with van der Waals surface area (Å²) >= 11 is 0. The Balaban J connectivity index is 1.88. The molecule has 0 atom stereocenters. The zero-order valence-corrected chi connectivity index (χ0v) is 13.7.